The highest BCUT2D eigenvalue weighted by molar-refractivity contribution is 6.07. The summed E-state index contributed by atoms with van der Waals surface area (Å²) in [7, 11) is 0. The van der Waals surface area contributed by atoms with Crippen LogP contribution >= 0.6 is 0 Å². The Bertz CT molecular complexity index is 2530. The van der Waals surface area contributed by atoms with Crippen LogP contribution in [-0.2, 0) is 5.41 Å². The van der Waals surface area contributed by atoms with Gasteiger partial charge < -0.3 is 13.3 Å². The van der Waals surface area contributed by atoms with E-state index < -0.39 is 0 Å². The molecule has 1 aliphatic rings. The molecule has 218 valence electrons. The van der Waals surface area contributed by atoms with Gasteiger partial charge in [0, 0.05) is 27.3 Å². The fourth-order valence-electron chi connectivity index (χ4n) is 7.16. The van der Waals surface area contributed by atoms with E-state index in [-0.39, 0.29) is 5.41 Å². The van der Waals surface area contributed by atoms with E-state index in [1.165, 1.54) is 22.3 Å². The van der Waals surface area contributed by atoms with Crippen molar-refractivity contribution in [2.75, 3.05) is 0 Å². The van der Waals surface area contributed by atoms with E-state index >= 15 is 0 Å². The second kappa shape index (κ2) is 9.05. The van der Waals surface area contributed by atoms with Crippen molar-refractivity contribution in [3.8, 4) is 45.2 Å². The lowest BCUT2D eigenvalue weighted by Crippen LogP contribution is -2.15. The van der Waals surface area contributed by atoms with Crippen LogP contribution in [0.5, 0.6) is 0 Å². The van der Waals surface area contributed by atoms with Crippen molar-refractivity contribution in [2.45, 2.75) is 19.3 Å². The third kappa shape index (κ3) is 3.63. The summed E-state index contributed by atoms with van der Waals surface area (Å²) in [6, 6.07) is 41.6. The van der Waals surface area contributed by atoms with Crippen LogP contribution in [0, 0.1) is 0 Å². The van der Waals surface area contributed by atoms with Crippen LogP contribution in [0.25, 0.3) is 89.3 Å². The predicted octanol–water partition coefficient (Wildman–Crippen LogP) is 11.2. The predicted molar refractivity (Wildman–Crippen MR) is 183 cm³/mol. The summed E-state index contributed by atoms with van der Waals surface area (Å²) in [5.74, 6) is 1.12. The van der Waals surface area contributed by atoms with Crippen molar-refractivity contribution >= 4 is 44.1 Å². The van der Waals surface area contributed by atoms with Crippen molar-refractivity contribution < 1.29 is 13.3 Å². The van der Waals surface area contributed by atoms with Crippen LogP contribution in [0.15, 0.2) is 135 Å². The number of nitrogens with zero attached hydrogens (tertiary/aromatic N) is 2. The van der Waals surface area contributed by atoms with E-state index in [1.807, 2.05) is 66.7 Å². The molecule has 5 nitrogen and oxygen atoms in total. The Kier molecular flexibility index (Phi) is 5.00. The van der Waals surface area contributed by atoms with Crippen LogP contribution < -0.4 is 0 Å². The van der Waals surface area contributed by atoms with Crippen molar-refractivity contribution in [1.82, 2.24) is 9.97 Å². The molecular weight excluding hydrogens is 568 g/mol. The number of furan rings is 1. The van der Waals surface area contributed by atoms with Crippen molar-refractivity contribution in [2.24, 2.45) is 0 Å². The van der Waals surface area contributed by atoms with Gasteiger partial charge in [0.15, 0.2) is 11.2 Å². The molecule has 1 aliphatic carbocycles. The molecule has 0 bridgehead atoms. The maximum absolute atomic E-state index is 6.29. The lowest BCUT2D eigenvalue weighted by Gasteiger charge is -2.22. The average molecular weight is 595 g/mol. The molecule has 0 unspecified atom stereocenters. The highest BCUT2D eigenvalue weighted by Gasteiger charge is 2.36. The molecule has 0 fully saturated rings. The lowest BCUT2D eigenvalue weighted by molar-refractivity contribution is 0.617. The smallest absolute Gasteiger partial charge is 0.227 e. The Morgan fingerprint density at radius 3 is 1.70 bits per heavy atom. The number of aromatic nitrogens is 2. The molecule has 6 aromatic carbocycles. The summed E-state index contributed by atoms with van der Waals surface area (Å²) in [5.41, 5.74) is 13.7. The quantitative estimate of drug-likeness (QED) is 0.204. The zero-order valence-electron chi connectivity index (χ0n) is 25.2. The van der Waals surface area contributed by atoms with E-state index in [2.05, 4.69) is 68.4 Å². The number of hydrogen-bond donors (Lipinski definition) is 0. The lowest BCUT2D eigenvalue weighted by atomic mass is 9.81. The number of hydrogen-bond acceptors (Lipinski definition) is 5. The Hall–Kier alpha value is -5.94. The van der Waals surface area contributed by atoms with Gasteiger partial charge in [0.2, 0.25) is 11.8 Å². The van der Waals surface area contributed by atoms with Gasteiger partial charge in [-0.25, -0.2) is 9.97 Å². The van der Waals surface area contributed by atoms with E-state index in [1.54, 1.807) is 0 Å². The van der Waals surface area contributed by atoms with E-state index in [4.69, 9.17) is 23.2 Å². The number of rotatable bonds is 3. The zero-order chi connectivity index (χ0) is 30.6. The van der Waals surface area contributed by atoms with E-state index in [0.717, 1.165) is 66.4 Å². The van der Waals surface area contributed by atoms with Gasteiger partial charge in [-0.2, -0.15) is 0 Å². The Balaban J connectivity index is 1.16. The molecule has 0 amide bonds. The summed E-state index contributed by atoms with van der Waals surface area (Å²) in [4.78, 5) is 9.64. The topological polar surface area (TPSA) is 65.2 Å². The van der Waals surface area contributed by atoms with Gasteiger partial charge in [-0.05, 0) is 100 Å². The van der Waals surface area contributed by atoms with Crippen molar-refractivity contribution in [3.05, 3.63) is 132 Å². The summed E-state index contributed by atoms with van der Waals surface area (Å²) in [5, 5.41) is 2.29. The SMILES string of the molecule is CC1(C)c2cc(-c3cc(-c4nc5ccccc5o4)cc(-c4nc5ccccc5o4)c3)ccc2-c2cc3c(cc21)oc1ccccc13. The van der Waals surface area contributed by atoms with Gasteiger partial charge in [0.25, 0.3) is 0 Å². The Morgan fingerprint density at radius 2 is 1.02 bits per heavy atom. The number of fused-ring (bicyclic) bond motifs is 8. The molecule has 0 saturated heterocycles. The first kappa shape index (κ1) is 25.4. The third-order valence-corrected chi connectivity index (χ3v) is 9.52. The first-order valence-corrected chi connectivity index (χ1v) is 15.5. The summed E-state index contributed by atoms with van der Waals surface area (Å²) in [6.07, 6.45) is 0. The Labute approximate surface area is 263 Å². The number of oxazole rings is 2. The van der Waals surface area contributed by atoms with Crippen LogP contribution in [0.4, 0.5) is 0 Å². The van der Waals surface area contributed by atoms with Crippen LogP contribution in [0.1, 0.15) is 25.0 Å². The van der Waals surface area contributed by atoms with E-state index in [0.29, 0.717) is 11.8 Å². The zero-order valence-corrected chi connectivity index (χ0v) is 25.2. The third-order valence-electron chi connectivity index (χ3n) is 9.52. The standard InChI is InChI=1S/C41H26N2O3/c1-41(2)31-20-23(15-16-27(31)29-21-30-28-9-3-6-12-35(28)44-38(30)22-32(29)41)24-17-25(39-42-33-10-4-7-13-36(33)45-39)19-26(18-24)40-43-34-11-5-8-14-37(34)46-40/h3-22H,1-2H3. The van der Waals surface area contributed by atoms with Gasteiger partial charge in [-0.1, -0.05) is 68.4 Å². The minimum atomic E-state index is -0.213. The van der Waals surface area contributed by atoms with Gasteiger partial charge in [-0.15, -0.1) is 0 Å². The fourth-order valence-corrected chi connectivity index (χ4v) is 7.16. The summed E-state index contributed by atoms with van der Waals surface area (Å²) in [6.45, 7) is 4.60. The second-order valence-corrected chi connectivity index (χ2v) is 12.7. The van der Waals surface area contributed by atoms with Gasteiger partial charge in [0.05, 0.1) is 0 Å². The molecule has 9 aromatic rings. The van der Waals surface area contributed by atoms with Gasteiger partial charge in [-0.3, -0.25) is 0 Å². The molecule has 5 heteroatoms. The number of benzene rings is 6. The highest BCUT2D eigenvalue weighted by atomic mass is 16.4. The summed E-state index contributed by atoms with van der Waals surface area (Å²) >= 11 is 0. The molecule has 3 heterocycles. The molecule has 3 aromatic heterocycles. The van der Waals surface area contributed by atoms with Crippen LogP contribution in [0.3, 0.4) is 0 Å². The first-order valence-electron chi connectivity index (χ1n) is 15.5. The average Bonchev–Trinajstić information content (AvgIpc) is 3.85. The first-order chi connectivity index (χ1) is 22.5. The largest absolute Gasteiger partial charge is 0.456 e. The molecule has 0 N–H and O–H groups in total. The molecule has 0 aliphatic heterocycles. The minimum absolute atomic E-state index is 0.213. The monoisotopic (exact) mass is 594 g/mol. The second-order valence-electron chi connectivity index (χ2n) is 12.7. The maximum Gasteiger partial charge on any atom is 0.227 e. The molecule has 10 rings (SSSR count). The van der Waals surface area contributed by atoms with Crippen LogP contribution in [0.2, 0.25) is 0 Å². The fraction of sp³-hybridized carbons (Fsp3) is 0.0732. The molecule has 0 radical (unpaired) electrons. The van der Waals surface area contributed by atoms with Crippen molar-refractivity contribution in [3.63, 3.8) is 0 Å². The normalized spacial score (nSPS) is 13.6. The van der Waals surface area contributed by atoms with Gasteiger partial charge in [0.1, 0.15) is 22.2 Å². The molecular formula is C41H26N2O3. The Morgan fingerprint density at radius 1 is 0.435 bits per heavy atom. The maximum atomic E-state index is 6.29. The van der Waals surface area contributed by atoms with Crippen LogP contribution in [-0.4, -0.2) is 9.97 Å². The highest BCUT2D eigenvalue weighted by Crippen LogP contribution is 2.52. The van der Waals surface area contributed by atoms with E-state index in [9.17, 15) is 0 Å². The van der Waals surface area contributed by atoms with Crippen molar-refractivity contribution in [1.29, 1.82) is 0 Å². The minimum Gasteiger partial charge on any atom is -0.456 e. The summed E-state index contributed by atoms with van der Waals surface area (Å²) < 4.78 is 18.8. The molecule has 0 saturated carbocycles. The number of para-hydroxylation sites is 5. The molecule has 0 atom stereocenters. The van der Waals surface area contributed by atoms with Gasteiger partial charge >= 0.3 is 0 Å². The molecule has 0 spiro atoms. The molecule has 46 heavy (non-hydrogen) atoms.